The van der Waals surface area contributed by atoms with Gasteiger partial charge in [0, 0.05) is 17.5 Å². The van der Waals surface area contributed by atoms with Gasteiger partial charge in [-0.1, -0.05) is 23.7 Å². The van der Waals surface area contributed by atoms with Crippen LogP contribution < -0.4 is 10.1 Å². The number of anilines is 1. The summed E-state index contributed by atoms with van der Waals surface area (Å²) < 4.78 is 13.0. The molecule has 0 saturated carbocycles. The topological polar surface area (TPSA) is 85.7 Å². The van der Waals surface area contributed by atoms with Crippen molar-refractivity contribution in [3.8, 4) is 5.75 Å². The van der Waals surface area contributed by atoms with Gasteiger partial charge in [-0.25, -0.2) is 4.79 Å². The minimum atomic E-state index is -0.599. The van der Waals surface area contributed by atoms with Crippen molar-refractivity contribution in [3.05, 3.63) is 62.9 Å². The van der Waals surface area contributed by atoms with Gasteiger partial charge in [0.25, 0.3) is 5.91 Å². The Hall–Kier alpha value is -3.04. The zero-order valence-corrected chi connectivity index (χ0v) is 21.8. The zero-order chi connectivity index (χ0) is 25.2. The zero-order valence-electron chi connectivity index (χ0n) is 20.2. The lowest BCUT2D eigenvalue weighted by molar-refractivity contribution is 0.0221. The number of rotatable bonds is 6. The molecular formula is C25H29ClN4O4S. The highest BCUT2D eigenvalue weighted by atomic mass is 35.5. The Bertz CT molecular complexity index is 1220. The van der Waals surface area contributed by atoms with Gasteiger partial charge in [-0.15, -0.1) is 11.3 Å². The summed E-state index contributed by atoms with van der Waals surface area (Å²) in [5.41, 5.74) is 0.420. The predicted molar refractivity (Wildman–Crippen MR) is 137 cm³/mol. The van der Waals surface area contributed by atoms with Crippen LogP contribution in [-0.4, -0.2) is 45.9 Å². The molecule has 1 unspecified atom stereocenters. The average molecular weight is 517 g/mol. The molecule has 10 heteroatoms. The SMILES string of the molecule is COc1ccccc1C(=O)n1nc(C2CCCN2C(=O)OC(C)(C)C)cc1NCc1ccc(Cl)s1. The van der Waals surface area contributed by atoms with Crippen LogP contribution in [0.5, 0.6) is 5.75 Å². The first-order chi connectivity index (χ1) is 16.7. The number of carbonyl (C=O) groups is 2. The Morgan fingerprint density at radius 2 is 2.00 bits per heavy atom. The van der Waals surface area contributed by atoms with Gasteiger partial charge >= 0.3 is 6.09 Å². The van der Waals surface area contributed by atoms with Crippen LogP contribution in [0.25, 0.3) is 0 Å². The number of halogens is 1. The van der Waals surface area contributed by atoms with E-state index in [1.54, 1.807) is 29.2 Å². The molecule has 35 heavy (non-hydrogen) atoms. The molecule has 1 fully saturated rings. The van der Waals surface area contributed by atoms with Crippen molar-refractivity contribution in [2.24, 2.45) is 0 Å². The summed E-state index contributed by atoms with van der Waals surface area (Å²) >= 11 is 7.54. The molecule has 3 aromatic rings. The van der Waals surface area contributed by atoms with Crippen LogP contribution in [0.3, 0.4) is 0 Å². The van der Waals surface area contributed by atoms with Gasteiger partial charge < -0.3 is 14.8 Å². The van der Waals surface area contributed by atoms with Crippen LogP contribution in [0.1, 0.15) is 60.6 Å². The molecule has 0 spiro atoms. The van der Waals surface area contributed by atoms with E-state index < -0.39 is 5.60 Å². The minimum Gasteiger partial charge on any atom is -0.496 e. The normalized spacial score (nSPS) is 15.8. The summed E-state index contributed by atoms with van der Waals surface area (Å²) in [6, 6.07) is 12.3. The third kappa shape index (κ3) is 5.79. The summed E-state index contributed by atoms with van der Waals surface area (Å²) in [5.74, 6) is 0.653. The first-order valence-corrected chi connectivity index (χ1v) is 12.6. The van der Waals surface area contributed by atoms with Crippen molar-refractivity contribution in [1.29, 1.82) is 0 Å². The summed E-state index contributed by atoms with van der Waals surface area (Å²) in [4.78, 5) is 29.1. The van der Waals surface area contributed by atoms with Crippen LogP contribution in [0.2, 0.25) is 4.34 Å². The second kappa shape index (κ2) is 10.3. The van der Waals surface area contributed by atoms with E-state index in [4.69, 9.17) is 21.1 Å². The van der Waals surface area contributed by atoms with E-state index in [9.17, 15) is 9.59 Å². The molecule has 3 heterocycles. The molecule has 1 saturated heterocycles. The molecule has 2 aromatic heterocycles. The van der Waals surface area contributed by atoms with Crippen LogP contribution in [0, 0.1) is 0 Å². The number of thiophene rings is 1. The lowest BCUT2D eigenvalue weighted by Gasteiger charge is -2.27. The molecule has 1 aromatic carbocycles. The number of nitrogens with zero attached hydrogens (tertiary/aromatic N) is 3. The van der Waals surface area contributed by atoms with Crippen molar-refractivity contribution in [2.75, 3.05) is 19.0 Å². The Morgan fingerprint density at radius 1 is 1.23 bits per heavy atom. The molecular weight excluding hydrogens is 488 g/mol. The molecule has 0 radical (unpaired) electrons. The number of hydrogen-bond acceptors (Lipinski definition) is 7. The van der Waals surface area contributed by atoms with Crippen molar-refractivity contribution in [1.82, 2.24) is 14.7 Å². The maximum atomic E-state index is 13.6. The molecule has 1 N–H and O–H groups in total. The first-order valence-electron chi connectivity index (χ1n) is 11.4. The van der Waals surface area contributed by atoms with E-state index in [1.807, 2.05) is 39.0 Å². The Labute approximate surface area is 213 Å². The van der Waals surface area contributed by atoms with Gasteiger partial charge in [0.2, 0.25) is 0 Å². The molecule has 1 aliphatic heterocycles. The second-order valence-electron chi connectivity index (χ2n) is 9.26. The lowest BCUT2D eigenvalue weighted by Crippen LogP contribution is -2.36. The van der Waals surface area contributed by atoms with Crippen LogP contribution in [0.15, 0.2) is 42.5 Å². The Kier molecular flexibility index (Phi) is 7.37. The Balaban J connectivity index is 1.67. The fourth-order valence-corrected chi connectivity index (χ4v) is 5.04. The third-order valence-corrected chi connectivity index (χ3v) is 6.78. The summed E-state index contributed by atoms with van der Waals surface area (Å²) in [6.45, 7) is 6.58. The number of methoxy groups -OCH3 is 1. The largest absolute Gasteiger partial charge is 0.496 e. The number of nitrogens with one attached hydrogen (secondary N) is 1. The van der Waals surface area contributed by atoms with Gasteiger partial charge in [-0.2, -0.15) is 9.78 Å². The highest BCUT2D eigenvalue weighted by molar-refractivity contribution is 7.16. The molecule has 1 aliphatic rings. The smallest absolute Gasteiger partial charge is 0.410 e. The highest BCUT2D eigenvalue weighted by Crippen LogP contribution is 2.34. The number of aromatic nitrogens is 2. The fourth-order valence-electron chi connectivity index (χ4n) is 4.02. The standard InChI is InChI=1S/C25H29ClN4O4S/c1-25(2,3)34-24(32)29-13-7-9-19(29)18-14-22(27-15-16-11-12-21(26)35-16)30(28-18)23(31)17-8-5-6-10-20(17)33-4/h5-6,8,10-12,14,19,27H,7,9,13,15H2,1-4H3. The first kappa shape index (κ1) is 25.1. The van der Waals surface area contributed by atoms with Gasteiger partial charge in [-0.05, 0) is 57.9 Å². The minimum absolute atomic E-state index is 0.284. The van der Waals surface area contributed by atoms with Crippen molar-refractivity contribution in [3.63, 3.8) is 0 Å². The molecule has 1 atom stereocenters. The average Bonchev–Trinajstić information content (AvgIpc) is 3.55. The van der Waals surface area contributed by atoms with E-state index in [1.165, 1.54) is 23.1 Å². The van der Waals surface area contributed by atoms with Crippen LogP contribution in [0.4, 0.5) is 10.6 Å². The Morgan fingerprint density at radius 3 is 2.69 bits per heavy atom. The predicted octanol–water partition coefficient (Wildman–Crippen LogP) is 5.98. The number of benzene rings is 1. The molecule has 8 nitrogen and oxygen atoms in total. The van der Waals surface area contributed by atoms with Crippen LogP contribution >= 0.6 is 22.9 Å². The number of hydrogen-bond donors (Lipinski definition) is 1. The van der Waals surface area contributed by atoms with E-state index in [-0.39, 0.29) is 18.0 Å². The van der Waals surface area contributed by atoms with E-state index in [0.29, 0.717) is 40.3 Å². The van der Waals surface area contributed by atoms with E-state index >= 15 is 0 Å². The number of ether oxygens (including phenoxy) is 2. The number of amides is 1. The highest BCUT2D eigenvalue weighted by Gasteiger charge is 2.35. The number of carbonyl (C=O) groups excluding carboxylic acids is 2. The van der Waals surface area contributed by atoms with E-state index in [0.717, 1.165) is 17.7 Å². The van der Waals surface area contributed by atoms with Gasteiger partial charge in [0.1, 0.15) is 17.2 Å². The van der Waals surface area contributed by atoms with Crippen molar-refractivity contribution < 1.29 is 19.1 Å². The summed E-state index contributed by atoms with van der Waals surface area (Å²) in [7, 11) is 1.53. The van der Waals surface area contributed by atoms with Crippen LogP contribution in [-0.2, 0) is 11.3 Å². The van der Waals surface area contributed by atoms with Crippen molar-refractivity contribution in [2.45, 2.75) is 51.8 Å². The number of likely N-dealkylation sites (tertiary alicyclic amines) is 1. The third-order valence-electron chi connectivity index (χ3n) is 5.55. The number of para-hydroxylation sites is 1. The van der Waals surface area contributed by atoms with E-state index in [2.05, 4.69) is 10.4 Å². The maximum Gasteiger partial charge on any atom is 0.410 e. The van der Waals surface area contributed by atoms with Crippen molar-refractivity contribution >= 4 is 40.8 Å². The molecule has 0 bridgehead atoms. The molecule has 0 aliphatic carbocycles. The molecule has 186 valence electrons. The van der Waals surface area contributed by atoms with Gasteiger partial charge in [0.05, 0.1) is 35.3 Å². The quantitative estimate of drug-likeness (QED) is 0.434. The lowest BCUT2D eigenvalue weighted by atomic mass is 10.1. The monoisotopic (exact) mass is 516 g/mol. The fraction of sp³-hybridized carbons (Fsp3) is 0.400. The molecule has 1 amide bonds. The van der Waals surface area contributed by atoms with Gasteiger partial charge in [0.15, 0.2) is 0 Å². The molecule has 4 rings (SSSR count). The summed E-state index contributed by atoms with van der Waals surface area (Å²) in [5, 5.41) is 7.98. The maximum absolute atomic E-state index is 13.6. The second-order valence-corrected chi connectivity index (χ2v) is 11.1. The summed E-state index contributed by atoms with van der Waals surface area (Å²) in [6.07, 6.45) is 1.18. The van der Waals surface area contributed by atoms with Gasteiger partial charge in [-0.3, -0.25) is 9.69 Å².